The molecule has 3 aromatic rings. The minimum atomic E-state index is -2.51. The van der Waals surface area contributed by atoms with E-state index in [1.54, 1.807) is 32.6 Å². The van der Waals surface area contributed by atoms with Crippen molar-refractivity contribution in [2.75, 3.05) is 36.8 Å². The highest BCUT2D eigenvalue weighted by Gasteiger charge is 2.17. The van der Waals surface area contributed by atoms with Crippen molar-refractivity contribution in [2.45, 2.75) is 13.3 Å². The van der Waals surface area contributed by atoms with Gasteiger partial charge >= 0.3 is 0 Å². The van der Waals surface area contributed by atoms with Crippen LogP contribution in [0.25, 0.3) is 0 Å². The molecule has 4 N–H and O–H groups in total. The molecular formula is C23H25ClN5O2P. The summed E-state index contributed by atoms with van der Waals surface area (Å²) in [6, 6.07) is 10.9. The van der Waals surface area contributed by atoms with E-state index in [0.717, 1.165) is 6.42 Å². The van der Waals surface area contributed by atoms with Crippen LogP contribution in [-0.4, -0.2) is 30.4 Å². The Morgan fingerprint density at radius 3 is 2.62 bits per heavy atom. The quantitative estimate of drug-likeness (QED) is 0.258. The highest BCUT2D eigenvalue weighted by atomic mass is 35.5. The van der Waals surface area contributed by atoms with Gasteiger partial charge in [0.15, 0.2) is 5.82 Å². The second kappa shape index (κ2) is 9.95. The van der Waals surface area contributed by atoms with E-state index in [1.165, 1.54) is 6.20 Å². The number of rotatable bonds is 6. The largest absolute Gasteiger partial charge is 0.495 e. The zero-order valence-electron chi connectivity index (χ0n) is 18.4. The minimum Gasteiger partial charge on any atom is -0.495 e. The van der Waals surface area contributed by atoms with E-state index in [1.807, 2.05) is 31.2 Å². The molecule has 32 heavy (non-hydrogen) atoms. The Hall–Kier alpha value is -3.20. The molecule has 0 saturated carbocycles. The van der Waals surface area contributed by atoms with Gasteiger partial charge in [0, 0.05) is 23.5 Å². The van der Waals surface area contributed by atoms with Crippen molar-refractivity contribution in [3.63, 3.8) is 0 Å². The highest BCUT2D eigenvalue weighted by Crippen LogP contribution is 2.39. The molecule has 1 heterocycles. The summed E-state index contributed by atoms with van der Waals surface area (Å²) >= 11 is 6.32. The maximum Gasteiger partial charge on any atom is 0.229 e. The number of hydrogen-bond acceptors (Lipinski definition) is 7. The first-order chi connectivity index (χ1) is 15.2. The number of benzene rings is 2. The SMILES string of the molecule is CCC#Cc1cc(OC)c(Nc2ncc(Cl)c(Nc3ccccc3P(C)(C)=O)n2)cc1N. The average Bonchev–Trinajstić information content (AvgIpc) is 2.75. The molecule has 0 unspecified atom stereocenters. The average molecular weight is 470 g/mol. The molecule has 9 heteroatoms. The van der Waals surface area contributed by atoms with Crippen LogP contribution in [0.1, 0.15) is 18.9 Å². The van der Waals surface area contributed by atoms with Gasteiger partial charge in [-0.1, -0.05) is 42.5 Å². The van der Waals surface area contributed by atoms with Crippen molar-refractivity contribution in [3.8, 4) is 17.6 Å². The summed E-state index contributed by atoms with van der Waals surface area (Å²) in [5, 5.41) is 7.33. The number of nitrogens with two attached hydrogens (primary N) is 1. The summed E-state index contributed by atoms with van der Waals surface area (Å²) in [6.07, 6.45) is 2.21. The van der Waals surface area contributed by atoms with Crippen molar-refractivity contribution in [2.24, 2.45) is 0 Å². The van der Waals surface area contributed by atoms with Crippen LogP contribution >= 0.6 is 18.7 Å². The van der Waals surface area contributed by atoms with Gasteiger partial charge in [-0.3, -0.25) is 0 Å². The zero-order chi connectivity index (χ0) is 23.3. The number of halogens is 1. The van der Waals surface area contributed by atoms with Gasteiger partial charge < -0.3 is 25.7 Å². The molecule has 0 aliphatic rings. The van der Waals surface area contributed by atoms with Crippen molar-refractivity contribution in [1.29, 1.82) is 0 Å². The van der Waals surface area contributed by atoms with Crippen LogP contribution in [0, 0.1) is 11.8 Å². The zero-order valence-corrected chi connectivity index (χ0v) is 20.0. The Morgan fingerprint density at radius 1 is 1.19 bits per heavy atom. The number of nitrogens with one attached hydrogen (secondary N) is 2. The standard InChI is InChI=1S/C23H25ClN5O2P/c1-5-6-9-15-12-20(31-2)19(13-17(15)25)28-23-26-14-16(24)22(29-23)27-18-10-7-8-11-21(18)32(3,4)30/h7-8,10-14H,5,25H2,1-4H3,(H2,26,27,28,29). The number of nitrogens with zero attached hydrogens (tertiary/aromatic N) is 2. The van der Waals surface area contributed by atoms with Crippen molar-refractivity contribution < 1.29 is 9.30 Å². The first kappa shape index (κ1) is 23.5. The van der Waals surface area contributed by atoms with E-state index in [0.29, 0.717) is 44.5 Å². The van der Waals surface area contributed by atoms with E-state index in [9.17, 15) is 4.57 Å². The molecule has 0 spiro atoms. The fourth-order valence-corrected chi connectivity index (χ4v) is 4.26. The summed E-state index contributed by atoms with van der Waals surface area (Å²) in [5.74, 6) is 7.25. The molecule has 2 aromatic carbocycles. The van der Waals surface area contributed by atoms with Crippen LogP contribution in [-0.2, 0) is 4.57 Å². The van der Waals surface area contributed by atoms with Crippen molar-refractivity contribution in [3.05, 3.63) is 53.2 Å². The minimum absolute atomic E-state index is 0.288. The molecule has 166 valence electrons. The van der Waals surface area contributed by atoms with Gasteiger partial charge in [-0.25, -0.2) is 4.98 Å². The van der Waals surface area contributed by atoms with Crippen LogP contribution < -0.4 is 26.4 Å². The maximum absolute atomic E-state index is 12.7. The molecule has 0 fully saturated rings. The number of ether oxygens (including phenoxy) is 1. The van der Waals surface area contributed by atoms with E-state index in [4.69, 9.17) is 22.1 Å². The fraction of sp³-hybridized carbons (Fsp3) is 0.217. The van der Waals surface area contributed by atoms with Gasteiger partial charge in [0.1, 0.15) is 17.9 Å². The molecule has 0 bridgehead atoms. The summed E-state index contributed by atoms with van der Waals surface area (Å²) in [6.45, 7) is 5.40. The second-order valence-corrected chi connectivity index (χ2v) is 10.9. The lowest BCUT2D eigenvalue weighted by molar-refractivity contribution is 0.416. The predicted molar refractivity (Wildman–Crippen MR) is 134 cm³/mol. The van der Waals surface area contributed by atoms with E-state index >= 15 is 0 Å². The lowest BCUT2D eigenvalue weighted by Crippen LogP contribution is -2.11. The Bertz CT molecular complexity index is 1250. The maximum atomic E-state index is 12.7. The van der Waals surface area contributed by atoms with Gasteiger partial charge in [0.25, 0.3) is 0 Å². The third-order valence-corrected chi connectivity index (χ3v) is 6.33. The lowest BCUT2D eigenvalue weighted by Gasteiger charge is -2.16. The van der Waals surface area contributed by atoms with Crippen LogP contribution in [0.2, 0.25) is 5.02 Å². The predicted octanol–water partition coefficient (Wildman–Crippen LogP) is 5.22. The molecule has 3 rings (SSSR count). The molecule has 0 aliphatic heterocycles. The molecule has 0 saturated heterocycles. The highest BCUT2D eigenvalue weighted by molar-refractivity contribution is 7.70. The summed E-state index contributed by atoms with van der Waals surface area (Å²) in [7, 11) is -0.946. The number of aromatic nitrogens is 2. The monoisotopic (exact) mass is 469 g/mol. The third kappa shape index (κ3) is 5.53. The van der Waals surface area contributed by atoms with Crippen molar-refractivity contribution in [1.82, 2.24) is 9.97 Å². The van der Waals surface area contributed by atoms with Crippen LogP contribution in [0.3, 0.4) is 0 Å². The van der Waals surface area contributed by atoms with Crippen LogP contribution in [0.15, 0.2) is 42.6 Å². The number of para-hydroxylation sites is 1. The molecule has 0 radical (unpaired) electrons. The molecule has 0 atom stereocenters. The van der Waals surface area contributed by atoms with Gasteiger partial charge in [-0.05, 0) is 31.5 Å². The first-order valence-corrected chi connectivity index (χ1v) is 12.9. The van der Waals surface area contributed by atoms with E-state index in [-0.39, 0.29) is 5.95 Å². The summed E-state index contributed by atoms with van der Waals surface area (Å²) < 4.78 is 18.1. The Morgan fingerprint density at radius 2 is 1.94 bits per heavy atom. The van der Waals surface area contributed by atoms with Gasteiger partial charge in [-0.2, -0.15) is 4.98 Å². The number of methoxy groups -OCH3 is 1. The third-order valence-electron chi connectivity index (χ3n) is 4.50. The van der Waals surface area contributed by atoms with E-state index in [2.05, 4.69) is 32.4 Å². The lowest BCUT2D eigenvalue weighted by atomic mass is 10.1. The van der Waals surface area contributed by atoms with Gasteiger partial charge in [0.05, 0.1) is 30.2 Å². The second-order valence-electron chi connectivity index (χ2n) is 7.30. The van der Waals surface area contributed by atoms with Gasteiger partial charge in [-0.15, -0.1) is 0 Å². The van der Waals surface area contributed by atoms with Gasteiger partial charge in [0.2, 0.25) is 5.95 Å². The molecular weight excluding hydrogens is 445 g/mol. The Labute approximate surface area is 193 Å². The first-order valence-electron chi connectivity index (χ1n) is 9.90. The molecule has 0 amide bonds. The molecule has 0 aliphatic carbocycles. The van der Waals surface area contributed by atoms with E-state index < -0.39 is 7.14 Å². The van der Waals surface area contributed by atoms with Crippen LogP contribution in [0.4, 0.5) is 28.8 Å². The topological polar surface area (TPSA) is 102 Å². The van der Waals surface area contributed by atoms with Crippen molar-refractivity contribution >= 4 is 52.9 Å². The Kier molecular flexibility index (Phi) is 7.29. The Balaban J connectivity index is 1.94. The fourth-order valence-electron chi connectivity index (χ4n) is 2.97. The smallest absolute Gasteiger partial charge is 0.229 e. The molecule has 7 nitrogen and oxygen atoms in total. The number of anilines is 5. The normalized spacial score (nSPS) is 10.8. The summed E-state index contributed by atoms with van der Waals surface area (Å²) in [5.41, 5.74) is 8.62. The number of nitrogen functional groups attached to an aromatic ring is 1. The number of hydrogen-bond donors (Lipinski definition) is 3. The summed E-state index contributed by atoms with van der Waals surface area (Å²) in [4.78, 5) is 8.73. The van der Waals surface area contributed by atoms with Crippen LogP contribution in [0.5, 0.6) is 5.75 Å². The molecule has 1 aromatic heterocycles.